The van der Waals surface area contributed by atoms with Crippen molar-refractivity contribution in [2.75, 3.05) is 20.3 Å². The molecule has 0 amide bonds. The number of benzene rings is 1. The lowest BCUT2D eigenvalue weighted by molar-refractivity contribution is 0.170. The molecule has 1 aliphatic carbocycles. The molecule has 168 valence electrons. The molecule has 1 aliphatic heterocycles. The number of hydrogen-bond donors (Lipinski definition) is 1. The standard InChI is InChI=1S/C26H31N3O3/c1-30-22-8-9-24-23(15-22)19(10-11-27-24)5-2-18-3-6-20(7-4-18)28-16-21-14-25-26(17-29-21)32-13-12-31-25/h8-11,14-15,17-18,20,28H,2-7,12-13,16H2,1H3. The third-order valence-electron chi connectivity index (χ3n) is 6.77. The Bertz CT molecular complexity index is 1060. The predicted molar refractivity (Wildman–Crippen MR) is 124 cm³/mol. The van der Waals surface area contributed by atoms with Gasteiger partial charge in [-0.3, -0.25) is 9.97 Å². The van der Waals surface area contributed by atoms with Gasteiger partial charge < -0.3 is 19.5 Å². The molecule has 0 unspecified atom stereocenters. The minimum absolute atomic E-state index is 0.562. The quantitative estimate of drug-likeness (QED) is 0.583. The van der Waals surface area contributed by atoms with Gasteiger partial charge in [0.25, 0.3) is 0 Å². The number of methoxy groups -OCH3 is 1. The first-order valence-corrected chi connectivity index (χ1v) is 11.7. The molecular weight excluding hydrogens is 402 g/mol. The van der Waals surface area contributed by atoms with Crippen molar-refractivity contribution in [2.24, 2.45) is 5.92 Å². The van der Waals surface area contributed by atoms with Gasteiger partial charge in [-0.15, -0.1) is 0 Å². The molecule has 0 bridgehead atoms. The van der Waals surface area contributed by atoms with Crippen LogP contribution in [0.4, 0.5) is 0 Å². The summed E-state index contributed by atoms with van der Waals surface area (Å²) in [6.07, 6.45) is 11.0. The molecule has 2 aromatic heterocycles. The molecule has 0 radical (unpaired) electrons. The van der Waals surface area contributed by atoms with Crippen LogP contribution in [0, 0.1) is 5.92 Å². The Morgan fingerprint density at radius 3 is 2.69 bits per heavy atom. The topological polar surface area (TPSA) is 65.5 Å². The maximum absolute atomic E-state index is 5.67. The lowest BCUT2D eigenvalue weighted by atomic mass is 9.82. The average Bonchev–Trinajstić information content (AvgIpc) is 2.86. The van der Waals surface area contributed by atoms with Gasteiger partial charge in [0.2, 0.25) is 0 Å². The average molecular weight is 434 g/mol. The summed E-state index contributed by atoms with van der Waals surface area (Å²) in [5.41, 5.74) is 3.43. The number of nitrogens with one attached hydrogen (secondary N) is 1. The molecule has 0 saturated heterocycles. The molecule has 3 heterocycles. The molecule has 1 N–H and O–H groups in total. The Labute approximate surface area is 189 Å². The van der Waals surface area contributed by atoms with Gasteiger partial charge in [-0.2, -0.15) is 0 Å². The van der Waals surface area contributed by atoms with E-state index in [0.29, 0.717) is 19.3 Å². The summed E-state index contributed by atoms with van der Waals surface area (Å²) in [5.74, 6) is 3.24. The lowest BCUT2D eigenvalue weighted by Crippen LogP contribution is -2.33. The summed E-state index contributed by atoms with van der Waals surface area (Å²) >= 11 is 0. The Morgan fingerprint density at radius 2 is 1.84 bits per heavy atom. The molecule has 6 heteroatoms. The van der Waals surface area contributed by atoms with Crippen LogP contribution in [0.2, 0.25) is 0 Å². The van der Waals surface area contributed by atoms with Crippen molar-refractivity contribution in [3.63, 3.8) is 0 Å². The van der Waals surface area contributed by atoms with Crippen molar-refractivity contribution < 1.29 is 14.2 Å². The maximum atomic E-state index is 5.67. The van der Waals surface area contributed by atoms with Gasteiger partial charge in [-0.1, -0.05) is 0 Å². The van der Waals surface area contributed by atoms with E-state index in [9.17, 15) is 0 Å². The van der Waals surface area contributed by atoms with Crippen LogP contribution < -0.4 is 19.5 Å². The van der Waals surface area contributed by atoms with Crippen molar-refractivity contribution >= 4 is 10.9 Å². The fraction of sp³-hybridized carbons (Fsp3) is 0.462. The minimum atomic E-state index is 0.562. The van der Waals surface area contributed by atoms with Crippen molar-refractivity contribution in [2.45, 2.75) is 51.1 Å². The van der Waals surface area contributed by atoms with Gasteiger partial charge in [0.15, 0.2) is 11.5 Å². The molecule has 0 atom stereocenters. The van der Waals surface area contributed by atoms with E-state index < -0.39 is 0 Å². The largest absolute Gasteiger partial charge is 0.497 e. The van der Waals surface area contributed by atoms with E-state index in [0.717, 1.165) is 47.3 Å². The van der Waals surface area contributed by atoms with Gasteiger partial charge in [0.1, 0.15) is 19.0 Å². The number of fused-ring (bicyclic) bond motifs is 2. The molecule has 32 heavy (non-hydrogen) atoms. The molecular formula is C26H31N3O3. The molecule has 1 saturated carbocycles. The van der Waals surface area contributed by atoms with Gasteiger partial charge in [0.05, 0.1) is 24.5 Å². The Balaban J connectivity index is 1.10. The summed E-state index contributed by atoms with van der Waals surface area (Å²) in [6, 6.07) is 10.9. The van der Waals surface area contributed by atoms with Crippen LogP contribution in [0.5, 0.6) is 17.2 Å². The van der Waals surface area contributed by atoms with Gasteiger partial charge in [-0.05, 0) is 74.3 Å². The van der Waals surface area contributed by atoms with Gasteiger partial charge >= 0.3 is 0 Å². The number of nitrogens with zero attached hydrogens (tertiary/aromatic N) is 2. The number of aryl methyl sites for hydroxylation is 1. The predicted octanol–water partition coefficient (Wildman–Crippen LogP) is 4.69. The fourth-order valence-corrected chi connectivity index (χ4v) is 4.88. The second-order valence-electron chi connectivity index (χ2n) is 8.81. The van der Waals surface area contributed by atoms with Gasteiger partial charge in [0, 0.05) is 30.2 Å². The number of ether oxygens (including phenoxy) is 3. The zero-order chi connectivity index (χ0) is 21.8. The first-order valence-electron chi connectivity index (χ1n) is 11.7. The second kappa shape index (κ2) is 9.74. The molecule has 1 fully saturated rings. The summed E-state index contributed by atoms with van der Waals surface area (Å²) < 4.78 is 16.6. The zero-order valence-corrected chi connectivity index (χ0v) is 18.7. The van der Waals surface area contributed by atoms with E-state index in [-0.39, 0.29) is 0 Å². The first-order chi connectivity index (χ1) is 15.8. The van der Waals surface area contributed by atoms with E-state index >= 15 is 0 Å². The normalized spacial score (nSPS) is 20.3. The molecule has 2 aliphatic rings. The van der Waals surface area contributed by atoms with Crippen molar-refractivity contribution in [1.82, 2.24) is 15.3 Å². The molecule has 6 nitrogen and oxygen atoms in total. The summed E-state index contributed by atoms with van der Waals surface area (Å²) in [6.45, 7) is 1.98. The summed E-state index contributed by atoms with van der Waals surface area (Å²) in [4.78, 5) is 9.02. The first kappa shape index (κ1) is 21.0. The van der Waals surface area contributed by atoms with Crippen molar-refractivity contribution in [3.8, 4) is 17.2 Å². The Morgan fingerprint density at radius 1 is 1.00 bits per heavy atom. The minimum Gasteiger partial charge on any atom is -0.497 e. The van der Waals surface area contributed by atoms with Crippen LogP contribution in [0.15, 0.2) is 42.7 Å². The smallest absolute Gasteiger partial charge is 0.179 e. The van der Waals surface area contributed by atoms with E-state index in [1.807, 2.05) is 24.4 Å². The molecule has 3 aromatic rings. The van der Waals surface area contributed by atoms with E-state index in [1.54, 1.807) is 13.3 Å². The van der Waals surface area contributed by atoms with Crippen LogP contribution >= 0.6 is 0 Å². The Hall–Kier alpha value is -2.86. The molecule has 5 rings (SSSR count). The highest BCUT2D eigenvalue weighted by molar-refractivity contribution is 5.83. The van der Waals surface area contributed by atoms with E-state index in [4.69, 9.17) is 14.2 Å². The third-order valence-corrected chi connectivity index (χ3v) is 6.77. The highest BCUT2D eigenvalue weighted by Crippen LogP contribution is 2.31. The van der Waals surface area contributed by atoms with Crippen LogP contribution in [0.25, 0.3) is 10.9 Å². The number of rotatable bonds is 7. The lowest BCUT2D eigenvalue weighted by Gasteiger charge is -2.29. The Kier molecular flexibility index (Phi) is 6.39. The van der Waals surface area contributed by atoms with E-state index in [2.05, 4.69) is 27.4 Å². The number of pyridine rings is 2. The summed E-state index contributed by atoms with van der Waals surface area (Å²) in [5, 5.41) is 4.91. The maximum Gasteiger partial charge on any atom is 0.179 e. The SMILES string of the molecule is COc1ccc2nccc(CCC3CCC(NCc4cc5c(cn4)OCCO5)CC3)c2c1. The van der Waals surface area contributed by atoms with Crippen molar-refractivity contribution in [1.29, 1.82) is 0 Å². The number of aromatic nitrogens is 2. The summed E-state index contributed by atoms with van der Waals surface area (Å²) in [7, 11) is 1.72. The second-order valence-corrected chi connectivity index (χ2v) is 8.81. The van der Waals surface area contributed by atoms with Crippen molar-refractivity contribution in [3.05, 3.63) is 54.0 Å². The monoisotopic (exact) mass is 433 g/mol. The zero-order valence-electron chi connectivity index (χ0n) is 18.7. The van der Waals surface area contributed by atoms with Crippen LogP contribution in [-0.2, 0) is 13.0 Å². The highest BCUT2D eigenvalue weighted by Gasteiger charge is 2.21. The van der Waals surface area contributed by atoms with Gasteiger partial charge in [-0.25, -0.2) is 0 Å². The third kappa shape index (κ3) is 4.80. The molecule has 1 aromatic carbocycles. The number of hydrogen-bond acceptors (Lipinski definition) is 6. The van der Waals surface area contributed by atoms with Crippen LogP contribution in [0.3, 0.4) is 0 Å². The highest BCUT2D eigenvalue weighted by atomic mass is 16.6. The molecule has 0 spiro atoms. The van der Waals surface area contributed by atoms with Crippen LogP contribution in [0.1, 0.15) is 43.4 Å². The fourth-order valence-electron chi connectivity index (χ4n) is 4.88. The van der Waals surface area contributed by atoms with E-state index in [1.165, 1.54) is 43.1 Å². The van der Waals surface area contributed by atoms with Crippen LogP contribution in [-0.4, -0.2) is 36.3 Å².